The van der Waals surface area contributed by atoms with Gasteiger partial charge in [0.05, 0.1) is 32.5 Å². The Bertz CT molecular complexity index is 1380. The largest absolute Gasteiger partial charge is 0.447 e. The molecule has 7 N–H and O–H groups in total. The van der Waals surface area contributed by atoms with Crippen molar-refractivity contribution in [1.29, 1.82) is 0 Å². The molecular weight excluding hydrogens is 677 g/mol. The molecule has 282 valence electrons. The maximum Gasteiger partial charge on any atom is 0.410 e. The lowest BCUT2D eigenvalue weighted by atomic mass is 9.95. The van der Waals surface area contributed by atoms with Crippen molar-refractivity contribution in [2.45, 2.75) is 107 Å². The van der Waals surface area contributed by atoms with E-state index in [9.17, 15) is 34.2 Å². The third-order valence-electron chi connectivity index (χ3n) is 9.69. The van der Waals surface area contributed by atoms with Gasteiger partial charge in [-0.3, -0.25) is 14.0 Å². The second-order valence-electron chi connectivity index (χ2n) is 13.3. The summed E-state index contributed by atoms with van der Waals surface area (Å²) in [6.45, 7) is 2.76. The van der Waals surface area contributed by atoms with Crippen molar-refractivity contribution < 1.29 is 48.3 Å². The second-order valence-corrected chi connectivity index (χ2v) is 15.1. The molecule has 19 heteroatoms. The van der Waals surface area contributed by atoms with Gasteiger partial charge in [0.1, 0.15) is 30.7 Å². The van der Waals surface area contributed by atoms with E-state index in [2.05, 4.69) is 15.2 Å². The number of aromatic nitrogens is 2. The minimum absolute atomic E-state index is 0.0325. The van der Waals surface area contributed by atoms with Crippen LogP contribution in [0, 0.1) is 0 Å². The van der Waals surface area contributed by atoms with Crippen molar-refractivity contribution in [2.24, 2.45) is 4.99 Å². The van der Waals surface area contributed by atoms with E-state index in [1.165, 1.54) is 82.4 Å². The summed E-state index contributed by atoms with van der Waals surface area (Å²) in [5.41, 5.74) is 4.60. The van der Waals surface area contributed by atoms with Crippen LogP contribution in [-0.4, -0.2) is 140 Å². The number of aliphatic hydroxyl groups excluding tert-OH is 2. The van der Waals surface area contributed by atoms with Crippen molar-refractivity contribution in [1.82, 2.24) is 24.7 Å². The minimum atomic E-state index is -4.66. The molecule has 3 aliphatic heterocycles. The molecule has 5 aliphatic rings. The average Bonchev–Trinajstić information content (AvgIpc) is 3.40. The van der Waals surface area contributed by atoms with Gasteiger partial charge in [0.25, 0.3) is 0 Å². The molecule has 5 atom stereocenters. The monoisotopic (exact) mass is 729 g/mol. The zero-order valence-corrected chi connectivity index (χ0v) is 29.2. The molecule has 5 fully saturated rings. The van der Waals surface area contributed by atoms with Crippen LogP contribution in [0.1, 0.15) is 70.4 Å². The number of anilines is 1. The SMILES string of the molecule is C1CCC(N=C(NC2CCCCC2)N2CCOCC2)CC1.Nc1ccn([C@@H]2O[C@H](COC(=O)N3CCOCC3P(=O)(O)O)[C@@H](O)[C@H]2O)c(=O)n1. The van der Waals surface area contributed by atoms with Crippen LogP contribution in [0.3, 0.4) is 0 Å². The average molecular weight is 730 g/mol. The molecule has 50 heavy (non-hydrogen) atoms. The fourth-order valence-corrected chi connectivity index (χ4v) is 7.71. The van der Waals surface area contributed by atoms with E-state index < -0.39 is 56.3 Å². The predicted octanol–water partition coefficient (Wildman–Crippen LogP) is 0.347. The zero-order chi connectivity index (χ0) is 35.7. The summed E-state index contributed by atoms with van der Waals surface area (Å²) in [6, 6.07) is 2.49. The number of morpholine rings is 2. The fraction of sp³-hybridized carbons (Fsp3) is 0.806. The quantitative estimate of drug-likeness (QED) is 0.131. The summed E-state index contributed by atoms with van der Waals surface area (Å²) in [4.78, 5) is 54.8. The minimum Gasteiger partial charge on any atom is -0.447 e. The molecule has 0 spiro atoms. The maximum atomic E-state index is 12.3. The lowest BCUT2D eigenvalue weighted by Crippen LogP contribution is -2.51. The molecule has 4 heterocycles. The lowest BCUT2D eigenvalue weighted by molar-refractivity contribution is -0.0633. The highest BCUT2D eigenvalue weighted by atomic mass is 31.2. The van der Waals surface area contributed by atoms with Gasteiger partial charge in [-0.05, 0) is 31.7 Å². The second kappa shape index (κ2) is 18.1. The number of amides is 1. The number of nitrogens with two attached hydrogens (primary N) is 1. The zero-order valence-electron chi connectivity index (χ0n) is 28.3. The van der Waals surface area contributed by atoms with Crippen LogP contribution in [0.25, 0.3) is 0 Å². The van der Waals surface area contributed by atoms with E-state index in [1.807, 2.05) is 0 Å². The van der Waals surface area contributed by atoms with Gasteiger partial charge >= 0.3 is 19.4 Å². The Balaban J connectivity index is 0.000000204. The number of aliphatic hydroxyl groups is 2. The highest BCUT2D eigenvalue weighted by Gasteiger charge is 2.46. The molecule has 18 nitrogen and oxygen atoms in total. The highest BCUT2D eigenvalue weighted by Crippen LogP contribution is 2.44. The van der Waals surface area contributed by atoms with E-state index in [-0.39, 0.29) is 25.6 Å². The van der Waals surface area contributed by atoms with E-state index in [0.717, 1.165) is 35.8 Å². The van der Waals surface area contributed by atoms with Crippen LogP contribution in [0.4, 0.5) is 10.6 Å². The molecular formula is C31H52N7O11P. The summed E-state index contributed by atoms with van der Waals surface area (Å²) in [7, 11) is -4.66. The van der Waals surface area contributed by atoms with Crippen LogP contribution >= 0.6 is 7.60 Å². The molecule has 2 saturated carbocycles. The van der Waals surface area contributed by atoms with Gasteiger partial charge in [-0.25, -0.2) is 14.6 Å². The number of carbonyl (C=O) groups is 1. The lowest BCUT2D eigenvalue weighted by Gasteiger charge is -2.34. The number of nitrogens with zero attached hydrogens (tertiary/aromatic N) is 5. The molecule has 6 rings (SSSR count). The van der Waals surface area contributed by atoms with Gasteiger partial charge in [-0.1, -0.05) is 38.5 Å². The first-order valence-corrected chi connectivity index (χ1v) is 19.3. The Morgan fingerprint density at radius 3 is 2.32 bits per heavy atom. The molecule has 1 aromatic rings. The van der Waals surface area contributed by atoms with Crippen molar-refractivity contribution in [3.8, 4) is 0 Å². The number of carbonyl (C=O) groups excluding carboxylic acids is 1. The number of hydrogen-bond donors (Lipinski definition) is 6. The molecule has 3 saturated heterocycles. The summed E-state index contributed by atoms with van der Waals surface area (Å²) < 4.78 is 33.4. The van der Waals surface area contributed by atoms with Gasteiger partial charge in [-0.2, -0.15) is 4.98 Å². The van der Waals surface area contributed by atoms with Gasteiger partial charge in [-0.15, -0.1) is 0 Å². The smallest absolute Gasteiger partial charge is 0.410 e. The highest BCUT2D eigenvalue weighted by molar-refractivity contribution is 7.52. The standard InChI is InChI=1S/C17H31N3O.C14H21N4O10P/c1-3-7-15(8-4-1)18-17(20-11-13-21-14-12-20)19-16-9-5-2-6-10-16;15-8-1-2-18(13(21)16-8)12-11(20)10(19)7(28-12)5-27-14(22)17-3-4-26-6-9(17)29(23,24)25/h15-16H,1-14H2,(H,18,19);1-2,7,9-12,19-20H,3-6H2,(H2,15,16,21)(H2,23,24,25)/t;7-,9?,10-,11-,12-/m.1/s1. The van der Waals surface area contributed by atoms with Crippen LogP contribution < -0.4 is 16.7 Å². The molecule has 0 aromatic carbocycles. The van der Waals surface area contributed by atoms with E-state index >= 15 is 0 Å². The van der Waals surface area contributed by atoms with E-state index in [1.54, 1.807) is 0 Å². The number of ether oxygens (including phenoxy) is 4. The van der Waals surface area contributed by atoms with Crippen LogP contribution in [0.15, 0.2) is 22.1 Å². The molecule has 1 aromatic heterocycles. The summed E-state index contributed by atoms with van der Waals surface area (Å²) in [6.07, 6.45) is 8.13. The van der Waals surface area contributed by atoms with Crippen molar-refractivity contribution in [3.63, 3.8) is 0 Å². The van der Waals surface area contributed by atoms with Crippen molar-refractivity contribution >= 4 is 25.5 Å². The van der Waals surface area contributed by atoms with Gasteiger partial charge in [0.15, 0.2) is 18.0 Å². The van der Waals surface area contributed by atoms with Crippen LogP contribution in [0.2, 0.25) is 0 Å². The normalized spacial score (nSPS) is 28.9. The first-order chi connectivity index (χ1) is 24.0. The maximum absolute atomic E-state index is 12.3. The Morgan fingerprint density at radius 2 is 1.66 bits per heavy atom. The molecule has 1 amide bonds. The number of rotatable bonds is 6. The predicted molar refractivity (Wildman–Crippen MR) is 180 cm³/mol. The molecule has 2 aliphatic carbocycles. The number of nitrogen functional groups attached to an aromatic ring is 1. The molecule has 1 unspecified atom stereocenters. The summed E-state index contributed by atoms with van der Waals surface area (Å²) in [5, 5.41) is 24.1. The third-order valence-corrected chi connectivity index (χ3v) is 10.9. The Kier molecular flexibility index (Phi) is 13.9. The van der Waals surface area contributed by atoms with Gasteiger partial charge < -0.3 is 54.9 Å². The van der Waals surface area contributed by atoms with Gasteiger partial charge in [0.2, 0.25) is 0 Å². The van der Waals surface area contributed by atoms with Crippen LogP contribution in [-0.2, 0) is 23.5 Å². The summed E-state index contributed by atoms with van der Waals surface area (Å²) in [5.74, 6) is -0.345. The Labute approximate surface area is 291 Å². The van der Waals surface area contributed by atoms with Crippen molar-refractivity contribution in [2.75, 3.05) is 58.4 Å². The number of hydrogen-bond acceptors (Lipinski definition) is 12. The van der Waals surface area contributed by atoms with Crippen LogP contribution in [0.5, 0.6) is 0 Å². The van der Waals surface area contributed by atoms with E-state index in [0.29, 0.717) is 12.1 Å². The van der Waals surface area contributed by atoms with Crippen molar-refractivity contribution in [3.05, 3.63) is 22.7 Å². The third kappa shape index (κ3) is 10.4. The first-order valence-electron chi connectivity index (χ1n) is 17.6. The number of guanidine groups is 1. The Hall–Kier alpha value is -2.83. The van der Waals surface area contributed by atoms with Gasteiger partial charge in [0, 0.05) is 31.9 Å². The molecule has 0 bridgehead atoms. The first kappa shape index (κ1) is 38.4. The summed E-state index contributed by atoms with van der Waals surface area (Å²) >= 11 is 0. The molecule has 0 radical (unpaired) electrons. The topological polar surface area (TPSA) is 244 Å². The van der Waals surface area contributed by atoms with E-state index in [4.69, 9.17) is 29.7 Å². The number of aliphatic imine (C=N–C) groups is 1. The Morgan fingerprint density at radius 1 is 1.00 bits per heavy atom. The number of nitrogens with one attached hydrogen (secondary N) is 1. The fourth-order valence-electron chi connectivity index (χ4n) is 6.83.